The number of hydrogen-bond donors (Lipinski definition) is 0. The van der Waals surface area contributed by atoms with E-state index < -0.39 is 0 Å². The lowest BCUT2D eigenvalue weighted by Gasteiger charge is -2.19. The van der Waals surface area contributed by atoms with Gasteiger partial charge in [-0.1, -0.05) is 32.4 Å². The summed E-state index contributed by atoms with van der Waals surface area (Å²) in [6.07, 6.45) is 0. The second-order valence-electron chi connectivity index (χ2n) is 6.24. The Bertz CT molecular complexity index is 686. The van der Waals surface area contributed by atoms with Gasteiger partial charge in [-0.25, -0.2) is 4.98 Å². The summed E-state index contributed by atoms with van der Waals surface area (Å²) in [5, 5.41) is 4.77. The van der Waals surface area contributed by atoms with Gasteiger partial charge in [0.05, 0.1) is 5.69 Å². The molecule has 0 N–H and O–H groups in total. The topological polar surface area (TPSA) is 52.8 Å². The van der Waals surface area contributed by atoms with Gasteiger partial charge >= 0.3 is 0 Å². The van der Waals surface area contributed by atoms with Crippen LogP contribution in [0.5, 0.6) is 11.6 Å². The Labute approximate surface area is 130 Å². The highest BCUT2D eigenvalue weighted by atomic mass is 35.5. The molecule has 0 fully saturated rings. The Morgan fingerprint density at radius 2 is 1.71 bits per heavy atom. The van der Waals surface area contributed by atoms with E-state index in [4.69, 9.17) is 16.3 Å². The van der Waals surface area contributed by atoms with Gasteiger partial charge in [-0.3, -0.25) is 4.68 Å². The van der Waals surface area contributed by atoms with Crippen LogP contribution in [0.25, 0.3) is 0 Å². The summed E-state index contributed by atoms with van der Waals surface area (Å²) < 4.78 is 7.77. The molecule has 0 aromatic carbocycles. The molecule has 0 aliphatic carbocycles. The lowest BCUT2D eigenvalue weighted by atomic mass is 9.96. The summed E-state index contributed by atoms with van der Waals surface area (Å²) in [6.45, 7) is 11.8. The first-order valence-electron chi connectivity index (χ1n) is 6.84. The van der Waals surface area contributed by atoms with Gasteiger partial charge in [0, 0.05) is 18.0 Å². The molecule has 21 heavy (non-hydrogen) atoms. The number of aromatic nitrogens is 4. The summed E-state index contributed by atoms with van der Waals surface area (Å²) in [5.74, 6) is 1.86. The fourth-order valence-electron chi connectivity index (χ4n) is 1.90. The van der Waals surface area contributed by atoms with Crippen LogP contribution in [0.1, 0.15) is 43.5 Å². The van der Waals surface area contributed by atoms with Gasteiger partial charge in [0.25, 0.3) is 0 Å². The highest BCUT2D eigenvalue weighted by Crippen LogP contribution is 2.32. The summed E-state index contributed by atoms with van der Waals surface area (Å²) in [7, 11) is 1.88. The largest absolute Gasteiger partial charge is 0.435 e. The number of aryl methyl sites for hydroxylation is 2. The van der Waals surface area contributed by atoms with Crippen LogP contribution in [-0.4, -0.2) is 19.7 Å². The maximum atomic E-state index is 6.22. The van der Waals surface area contributed by atoms with Gasteiger partial charge in [-0.2, -0.15) is 10.1 Å². The summed E-state index contributed by atoms with van der Waals surface area (Å²) in [5.41, 5.74) is 2.29. The fourth-order valence-corrected chi connectivity index (χ4v) is 2.06. The van der Waals surface area contributed by atoms with E-state index in [0.29, 0.717) is 16.9 Å². The third-order valence-corrected chi connectivity index (χ3v) is 3.72. The predicted octanol–water partition coefficient (Wildman–Crippen LogP) is 3.88. The van der Waals surface area contributed by atoms with Crippen molar-refractivity contribution in [3.63, 3.8) is 0 Å². The van der Waals surface area contributed by atoms with Gasteiger partial charge in [-0.15, -0.1) is 0 Å². The minimum absolute atomic E-state index is 0.200. The van der Waals surface area contributed by atoms with E-state index in [1.165, 1.54) is 0 Å². The van der Waals surface area contributed by atoms with Crippen molar-refractivity contribution in [2.75, 3.05) is 0 Å². The van der Waals surface area contributed by atoms with Gasteiger partial charge in [0.1, 0.15) is 16.7 Å². The van der Waals surface area contributed by atoms with Crippen molar-refractivity contribution < 1.29 is 4.74 Å². The SMILES string of the molecule is Cc1nn(C)c(C)c1Oc1nc(C(C)(C)C)nc(Cl)c1C. The molecule has 0 unspecified atom stereocenters. The molecule has 0 saturated carbocycles. The number of ether oxygens (including phenoxy) is 1. The molecule has 0 atom stereocenters. The van der Waals surface area contributed by atoms with Gasteiger partial charge in [0.15, 0.2) is 5.75 Å². The maximum Gasteiger partial charge on any atom is 0.227 e. The number of halogens is 1. The van der Waals surface area contributed by atoms with Crippen molar-refractivity contribution in [3.8, 4) is 11.6 Å². The normalized spacial score (nSPS) is 11.8. The summed E-state index contributed by atoms with van der Waals surface area (Å²) in [6, 6.07) is 0. The summed E-state index contributed by atoms with van der Waals surface area (Å²) in [4.78, 5) is 8.89. The van der Waals surface area contributed by atoms with Crippen LogP contribution in [0.3, 0.4) is 0 Å². The lowest BCUT2D eigenvalue weighted by Crippen LogP contribution is -2.17. The van der Waals surface area contributed by atoms with Gasteiger partial charge in [-0.05, 0) is 20.8 Å². The van der Waals surface area contributed by atoms with Crippen LogP contribution in [0.2, 0.25) is 5.15 Å². The maximum absolute atomic E-state index is 6.22. The molecule has 0 saturated heterocycles. The zero-order valence-electron chi connectivity index (χ0n) is 13.6. The molecule has 2 rings (SSSR count). The number of rotatable bonds is 2. The van der Waals surface area contributed by atoms with E-state index in [0.717, 1.165) is 22.7 Å². The first-order chi connectivity index (χ1) is 9.61. The molecule has 0 spiro atoms. The van der Waals surface area contributed by atoms with E-state index in [1.807, 2.05) is 48.6 Å². The van der Waals surface area contributed by atoms with E-state index in [1.54, 1.807) is 4.68 Å². The average Bonchev–Trinajstić information content (AvgIpc) is 2.59. The van der Waals surface area contributed by atoms with E-state index >= 15 is 0 Å². The monoisotopic (exact) mass is 308 g/mol. The van der Waals surface area contributed by atoms with Gasteiger partial charge in [0.2, 0.25) is 5.88 Å². The van der Waals surface area contributed by atoms with Crippen molar-refractivity contribution in [3.05, 3.63) is 27.9 Å². The van der Waals surface area contributed by atoms with E-state index in [2.05, 4.69) is 15.1 Å². The molecule has 5 nitrogen and oxygen atoms in total. The van der Waals surface area contributed by atoms with Crippen LogP contribution in [0.4, 0.5) is 0 Å². The van der Waals surface area contributed by atoms with Crippen molar-refractivity contribution >= 4 is 11.6 Å². The van der Waals surface area contributed by atoms with Crippen molar-refractivity contribution in [2.24, 2.45) is 7.05 Å². The molecular formula is C15H21ClN4O. The Morgan fingerprint density at radius 3 is 2.19 bits per heavy atom. The molecule has 0 amide bonds. The zero-order chi connectivity index (χ0) is 15.9. The van der Waals surface area contributed by atoms with Crippen molar-refractivity contribution in [1.29, 1.82) is 0 Å². The third kappa shape index (κ3) is 3.02. The quantitative estimate of drug-likeness (QED) is 0.790. The minimum Gasteiger partial charge on any atom is -0.435 e. The second-order valence-corrected chi connectivity index (χ2v) is 6.60. The molecule has 6 heteroatoms. The standard InChI is InChI=1S/C15H21ClN4O/c1-8-12(16)17-14(15(4,5)6)18-13(8)21-11-9(2)19-20(7)10(11)3/h1-7H3. The van der Waals surface area contributed by atoms with Crippen LogP contribution >= 0.6 is 11.6 Å². The lowest BCUT2D eigenvalue weighted by molar-refractivity contribution is 0.435. The Kier molecular flexibility index (Phi) is 3.97. The van der Waals surface area contributed by atoms with E-state index in [-0.39, 0.29) is 5.41 Å². The van der Waals surface area contributed by atoms with Crippen LogP contribution in [-0.2, 0) is 12.5 Å². The van der Waals surface area contributed by atoms with Crippen molar-refractivity contribution in [2.45, 2.75) is 47.0 Å². The fraction of sp³-hybridized carbons (Fsp3) is 0.533. The first-order valence-corrected chi connectivity index (χ1v) is 7.21. The third-order valence-electron chi connectivity index (χ3n) is 3.35. The Morgan fingerprint density at radius 1 is 1.10 bits per heavy atom. The molecule has 2 aromatic rings. The Balaban J connectivity index is 2.51. The molecule has 0 aliphatic rings. The highest BCUT2D eigenvalue weighted by molar-refractivity contribution is 6.30. The molecule has 0 aliphatic heterocycles. The van der Waals surface area contributed by atoms with Crippen molar-refractivity contribution in [1.82, 2.24) is 19.7 Å². The molecule has 0 bridgehead atoms. The molecule has 114 valence electrons. The number of nitrogens with zero attached hydrogens (tertiary/aromatic N) is 4. The Hall–Kier alpha value is -1.62. The molecular weight excluding hydrogens is 288 g/mol. The van der Waals surface area contributed by atoms with Gasteiger partial charge < -0.3 is 4.74 Å². The smallest absolute Gasteiger partial charge is 0.227 e. The zero-order valence-corrected chi connectivity index (χ0v) is 14.3. The predicted molar refractivity (Wildman–Crippen MR) is 83.2 cm³/mol. The highest BCUT2D eigenvalue weighted by Gasteiger charge is 2.22. The van der Waals surface area contributed by atoms with E-state index in [9.17, 15) is 0 Å². The van der Waals surface area contributed by atoms with Crippen LogP contribution < -0.4 is 4.74 Å². The average molecular weight is 309 g/mol. The molecule has 0 radical (unpaired) electrons. The minimum atomic E-state index is -0.200. The van der Waals surface area contributed by atoms with Crippen LogP contribution in [0, 0.1) is 20.8 Å². The second kappa shape index (κ2) is 5.30. The van der Waals surface area contributed by atoms with Crippen LogP contribution in [0.15, 0.2) is 0 Å². The number of hydrogen-bond acceptors (Lipinski definition) is 4. The molecule has 2 aromatic heterocycles. The molecule has 2 heterocycles. The first kappa shape index (κ1) is 15.8. The summed E-state index contributed by atoms with van der Waals surface area (Å²) >= 11 is 6.22.